The number of nitrogens with one attached hydrogen (secondary N) is 1. The molecule has 0 aliphatic heterocycles. The van der Waals surface area contributed by atoms with E-state index in [4.69, 9.17) is 4.74 Å². The minimum Gasteiger partial charge on any atom is -0.497 e. The fourth-order valence-corrected chi connectivity index (χ4v) is 3.87. The summed E-state index contributed by atoms with van der Waals surface area (Å²) in [5.41, 5.74) is 1.25. The van der Waals surface area contributed by atoms with E-state index in [2.05, 4.69) is 10.3 Å². The number of benzene rings is 1. The Kier molecular flexibility index (Phi) is 5.10. The van der Waals surface area contributed by atoms with Crippen molar-refractivity contribution in [1.82, 2.24) is 4.98 Å². The van der Waals surface area contributed by atoms with Gasteiger partial charge in [-0.25, -0.2) is 4.98 Å². The lowest BCUT2D eigenvalue weighted by molar-refractivity contribution is -0.112. The van der Waals surface area contributed by atoms with Gasteiger partial charge in [0.2, 0.25) is 0 Å². The van der Waals surface area contributed by atoms with Crippen LogP contribution in [0, 0.1) is 16.7 Å². The van der Waals surface area contributed by atoms with Crippen molar-refractivity contribution >= 4 is 34.2 Å². The van der Waals surface area contributed by atoms with E-state index in [0.29, 0.717) is 39.9 Å². The number of hydrogen-bond acceptors (Lipinski definition) is 6. The van der Waals surface area contributed by atoms with Crippen LogP contribution >= 0.6 is 11.3 Å². The van der Waals surface area contributed by atoms with Gasteiger partial charge in [-0.05, 0) is 35.6 Å². The number of methoxy groups -OCH3 is 1. The summed E-state index contributed by atoms with van der Waals surface area (Å²) in [4.78, 5) is 29.7. The number of fused-ring (bicyclic) bond motifs is 1. The number of carbonyl (C=O) groups excluding carboxylic acids is 2. The monoisotopic (exact) mass is 381 g/mol. The number of anilines is 1. The van der Waals surface area contributed by atoms with Gasteiger partial charge >= 0.3 is 0 Å². The molecule has 1 aromatic heterocycles. The zero-order valence-electron chi connectivity index (χ0n) is 15.3. The van der Waals surface area contributed by atoms with Gasteiger partial charge in [0, 0.05) is 6.42 Å². The van der Waals surface area contributed by atoms with Crippen molar-refractivity contribution in [2.75, 3.05) is 12.4 Å². The lowest BCUT2D eigenvalue weighted by Gasteiger charge is -2.26. The lowest BCUT2D eigenvalue weighted by atomic mass is 9.78. The van der Waals surface area contributed by atoms with Gasteiger partial charge in [-0.1, -0.05) is 37.3 Å². The highest BCUT2D eigenvalue weighted by Gasteiger charge is 2.34. The lowest BCUT2D eigenvalue weighted by Crippen LogP contribution is -2.26. The Morgan fingerprint density at radius 1 is 1.33 bits per heavy atom. The third-order valence-corrected chi connectivity index (χ3v) is 5.30. The molecule has 1 aromatic carbocycles. The number of ether oxygens (including phenoxy) is 1. The minimum atomic E-state index is -0.550. The molecule has 1 aliphatic rings. The summed E-state index contributed by atoms with van der Waals surface area (Å²) in [6, 6.07) is 8.92. The molecular weight excluding hydrogens is 362 g/mol. The Morgan fingerprint density at radius 2 is 2.04 bits per heavy atom. The first-order valence-electron chi connectivity index (χ1n) is 8.41. The molecule has 2 aromatic rings. The third-order valence-electron chi connectivity index (χ3n) is 4.25. The highest BCUT2D eigenvalue weighted by atomic mass is 32.1. The molecule has 0 spiro atoms. The molecule has 0 bridgehead atoms. The predicted octanol–water partition coefficient (Wildman–Crippen LogP) is 3.85. The van der Waals surface area contributed by atoms with E-state index >= 15 is 0 Å². The number of hydrogen-bond donors (Lipinski definition) is 1. The standard InChI is InChI=1S/C20H19N3O3S/c1-20(2)9-15-17(16(24)10-20)27-19(22-15)23-18(25)13(11-21)8-12-4-6-14(26-3)7-5-12/h4-8H,9-10H2,1-3H3,(H,22,23,25). The van der Waals surface area contributed by atoms with Crippen molar-refractivity contribution in [2.24, 2.45) is 5.41 Å². The normalized spacial score (nSPS) is 15.6. The fraction of sp³-hybridized carbons (Fsp3) is 0.300. The molecule has 0 saturated heterocycles. The van der Waals surface area contributed by atoms with E-state index in [9.17, 15) is 14.9 Å². The quantitative estimate of drug-likeness (QED) is 0.641. The Balaban J connectivity index is 1.79. The molecular formula is C20H19N3O3S. The summed E-state index contributed by atoms with van der Waals surface area (Å²) in [6.45, 7) is 4.05. The second kappa shape index (κ2) is 7.33. The molecule has 0 fully saturated rings. The van der Waals surface area contributed by atoms with Gasteiger partial charge in [-0.15, -0.1) is 0 Å². The molecule has 1 heterocycles. The van der Waals surface area contributed by atoms with E-state index < -0.39 is 5.91 Å². The highest BCUT2D eigenvalue weighted by Crippen LogP contribution is 2.38. The molecule has 1 amide bonds. The minimum absolute atomic E-state index is 0.0417. The van der Waals surface area contributed by atoms with Crippen LogP contribution in [-0.4, -0.2) is 23.8 Å². The van der Waals surface area contributed by atoms with Crippen LogP contribution in [0.5, 0.6) is 5.75 Å². The Labute approximate surface area is 161 Å². The van der Waals surface area contributed by atoms with Crippen molar-refractivity contribution in [3.05, 3.63) is 46.0 Å². The summed E-state index contributed by atoms with van der Waals surface area (Å²) in [7, 11) is 1.57. The van der Waals surface area contributed by atoms with Crippen molar-refractivity contribution in [3.63, 3.8) is 0 Å². The third kappa shape index (κ3) is 4.23. The van der Waals surface area contributed by atoms with Crippen LogP contribution in [0.1, 0.15) is 41.2 Å². The van der Waals surface area contributed by atoms with E-state index in [-0.39, 0.29) is 16.8 Å². The van der Waals surface area contributed by atoms with Gasteiger partial charge in [0.15, 0.2) is 10.9 Å². The average Bonchev–Trinajstić information content (AvgIpc) is 3.01. The van der Waals surface area contributed by atoms with Crippen LogP contribution in [0.4, 0.5) is 5.13 Å². The number of thiazole rings is 1. The van der Waals surface area contributed by atoms with E-state index in [1.165, 1.54) is 17.4 Å². The topological polar surface area (TPSA) is 92.1 Å². The molecule has 1 aliphatic carbocycles. The fourth-order valence-electron chi connectivity index (χ4n) is 2.95. The molecule has 27 heavy (non-hydrogen) atoms. The Bertz CT molecular complexity index is 965. The molecule has 0 unspecified atom stereocenters. The maximum absolute atomic E-state index is 12.4. The second-order valence-corrected chi connectivity index (χ2v) is 8.13. The van der Waals surface area contributed by atoms with Gasteiger partial charge in [-0.2, -0.15) is 5.26 Å². The number of aromatic nitrogens is 1. The van der Waals surface area contributed by atoms with Gasteiger partial charge in [0.25, 0.3) is 5.91 Å². The molecule has 138 valence electrons. The molecule has 3 rings (SSSR count). The summed E-state index contributed by atoms with van der Waals surface area (Å²) < 4.78 is 5.09. The predicted molar refractivity (Wildman–Crippen MR) is 104 cm³/mol. The van der Waals surface area contributed by atoms with Crippen LogP contribution < -0.4 is 10.1 Å². The maximum Gasteiger partial charge on any atom is 0.268 e. The van der Waals surface area contributed by atoms with Gasteiger partial charge < -0.3 is 4.74 Å². The van der Waals surface area contributed by atoms with Crippen LogP contribution in [-0.2, 0) is 11.2 Å². The van der Waals surface area contributed by atoms with E-state index in [0.717, 1.165) is 0 Å². The van der Waals surface area contributed by atoms with Crippen molar-refractivity contribution in [2.45, 2.75) is 26.7 Å². The largest absolute Gasteiger partial charge is 0.497 e. The van der Waals surface area contributed by atoms with Crippen LogP contribution in [0.15, 0.2) is 29.8 Å². The smallest absolute Gasteiger partial charge is 0.268 e. The SMILES string of the molecule is COc1ccc(C=C(C#N)C(=O)Nc2nc3c(s2)C(=O)CC(C)(C)C3)cc1. The van der Waals surface area contributed by atoms with Crippen molar-refractivity contribution < 1.29 is 14.3 Å². The number of rotatable bonds is 4. The van der Waals surface area contributed by atoms with Gasteiger partial charge in [0.1, 0.15) is 17.4 Å². The number of carbonyl (C=O) groups is 2. The number of Topliss-reactive ketones (excluding diaryl/α,β-unsaturated/α-hetero) is 1. The van der Waals surface area contributed by atoms with Crippen LogP contribution in [0.3, 0.4) is 0 Å². The van der Waals surface area contributed by atoms with E-state index in [1.807, 2.05) is 19.9 Å². The zero-order valence-corrected chi connectivity index (χ0v) is 16.1. The van der Waals surface area contributed by atoms with Gasteiger partial charge in [0.05, 0.1) is 17.7 Å². The summed E-state index contributed by atoms with van der Waals surface area (Å²) >= 11 is 1.17. The van der Waals surface area contributed by atoms with Crippen molar-refractivity contribution in [1.29, 1.82) is 5.26 Å². The zero-order chi connectivity index (χ0) is 19.6. The molecule has 6 nitrogen and oxygen atoms in total. The average molecular weight is 381 g/mol. The van der Waals surface area contributed by atoms with Gasteiger partial charge in [-0.3, -0.25) is 14.9 Å². The van der Waals surface area contributed by atoms with Crippen LogP contribution in [0.25, 0.3) is 6.08 Å². The maximum atomic E-state index is 12.4. The molecule has 1 N–H and O–H groups in total. The molecule has 7 heteroatoms. The first kappa shape index (κ1) is 18.8. The number of nitrogens with zero attached hydrogens (tertiary/aromatic N) is 2. The molecule has 0 radical (unpaired) electrons. The first-order chi connectivity index (χ1) is 12.8. The second-order valence-electron chi connectivity index (χ2n) is 7.13. The Morgan fingerprint density at radius 3 is 2.67 bits per heavy atom. The number of amides is 1. The van der Waals surface area contributed by atoms with Crippen molar-refractivity contribution in [3.8, 4) is 11.8 Å². The number of ketones is 1. The Hall–Kier alpha value is -2.98. The van der Waals surface area contributed by atoms with E-state index in [1.54, 1.807) is 31.4 Å². The summed E-state index contributed by atoms with van der Waals surface area (Å²) in [5.74, 6) is 0.190. The molecule has 0 atom stereocenters. The number of nitriles is 1. The first-order valence-corrected chi connectivity index (χ1v) is 9.23. The highest BCUT2D eigenvalue weighted by molar-refractivity contribution is 7.17. The summed E-state index contributed by atoms with van der Waals surface area (Å²) in [6.07, 6.45) is 2.65. The summed E-state index contributed by atoms with van der Waals surface area (Å²) in [5, 5.41) is 12.3. The molecule has 0 saturated carbocycles. The van der Waals surface area contributed by atoms with Crippen LogP contribution in [0.2, 0.25) is 0 Å².